The van der Waals surface area contributed by atoms with E-state index in [2.05, 4.69) is 0 Å². The maximum Gasteiger partial charge on any atom is 0.333 e. The lowest BCUT2D eigenvalue weighted by Crippen LogP contribution is -2.45. The Labute approximate surface area is 52.7 Å². The Morgan fingerprint density at radius 2 is 2.22 bits per heavy atom. The SMILES string of the molecule is NC(CO)([PH2]=O)C(=O)O. The number of nitrogens with two attached hydrogens (primary N) is 1. The van der Waals surface area contributed by atoms with Gasteiger partial charge in [-0.2, -0.15) is 0 Å². The molecule has 0 rings (SSSR count). The van der Waals surface area contributed by atoms with E-state index < -0.39 is 26.3 Å². The summed E-state index contributed by atoms with van der Waals surface area (Å²) in [5, 5.41) is 14.5. The highest BCUT2D eigenvalue weighted by Crippen LogP contribution is 2.14. The highest BCUT2D eigenvalue weighted by Gasteiger charge is 2.31. The van der Waals surface area contributed by atoms with E-state index in [9.17, 15) is 9.36 Å². The van der Waals surface area contributed by atoms with Crippen LogP contribution in [-0.2, 0) is 9.36 Å². The van der Waals surface area contributed by atoms with Gasteiger partial charge in [0.05, 0.1) is 15.1 Å². The second-order valence-electron chi connectivity index (χ2n) is 1.62. The zero-order valence-corrected chi connectivity index (χ0v) is 5.73. The third-order valence-corrected chi connectivity index (χ3v) is 1.72. The lowest BCUT2D eigenvalue weighted by molar-refractivity contribution is -0.141. The number of aliphatic hydroxyl groups is 1. The van der Waals surface area contributed by atoms with Crippen LogP contribution in [0, 0.1) is 0 Å². The van der Waals surface area contributed by atoms with Crippen LogP contribution in [0.2, 0.25) is 0 Å². The zero-order chi connectivity index (χ0) is 7.49. The molecule has 2 unspecified atom stereocenters. The van der Waals surface area contributed by atoms with Gasteiger partial charge >= 0.3 is 5.97 Å². The Morgan fingerprint density at radius 3 is 2.22 bits per heavy atom. The van der Waals surface area contributed by atoms with Gasteiger partial charge in [-0.25, -0.2) is 4.79 Å². The number of carbonyl (C=O) groups is 1. The molecule has 0 saturated heterocycles. The van der Waals surface area contributed by atoms with Gasteiger partial charge in [-0.1, -0.05) is 0 Å². The van der Waals surface area contributed by atoms with Crippen molar-refractivity contribution in [3.8, 4) is 0 Å². The predicted molar refractivity (Wildman–Crippen MR) is 32.0 cm³/mol. The van der Waals surface area contributed by atoms with Crippen LogP contribution in [0.15, 0.2) is 0 Å². The Kier molecular flexibility index (Phi) is 2.84. The molecule has 0 heterocycles. The minimum atomic E-state index is -1.92. The monoisotopic (exact) mass is 153 g/mol. The zero-order valence-electron chi connectivity index (χ0n) is 4.57. The van der Waals surface area contributed by atoms with Crippen molar-refractivity contribution in [3.63, 3.8) is 0 Å². The smallest absolute Gasteiger partial charge is 0.333 e. The molecular formula is C3H8NO4P. The summed E-state index contributed by atoms with van der Waals surface area (Å²) in [5.74, 6) is -1.44. The van der Waals surface area contributed by atoms with E-state index in [0.29, 0.717) is 0 Å². The van der Waals surface area contributed by atoms with Gasteiger partial charge in [0, 0.05) is 0 Å². The maximum atomic E-state index is 10.0. The summed E-state index contributed by atoms with van der Waals surface area (Å²) in [5.41, 5.74) is 4.91. The van der Waals surface area contributed by atoms with Gasteiger partial charge in [0.2, 0.25) is 0 Å². The first kappa shape index (κ1) is 8.62. The fourth-order valence-electron chi connectivity index (χ4n) is 0.155. The first-order chi connectivity index (χ1) is 4.06. The number of aliphatic hydroxyl groups excluding tert-OH is 1. The Bertz CT molecular complexity index is 138. The first-order valence-corrected chi connectivity index (χ1v) is 3.21. The largest absolute Gasteiger partial charge is 0.479 e. The molecule has 0 aromatic rings. The molecule has 0 aliphatic heterocycles. The number of rotatable bonds is 3. The van der Waals surface area contributed by atoms with Crippen molar-refractivity contribution >= 4 is 14.4 Å². The fraction of sp³-hybridized carbons (Fsp3) is 0.667. The number of aliphatic carboxylic acids is 1. The summed E-state index contributed by atoms with van der Waals surface area (Å²) >= 11 is 0. The summed E-state index contributed by atoms with van der Waals surface area (Å²) in [6, 6.07) is 0. The third-order valence-electron chi connectivity index (χ3n) is 0.870. The minimum Gasteiger partial charge on any atom is -0.479 e. The van der Waals surface area contributed by atoms with E-state index in [1.165, 1.54) is 0 Å². The summed E-state index contributed by atoms with van der Waals surface area (Å²) in [4.78, 5) is 10.0. The lowest BCUT2D eigenvalue weighted by Gasteiger charge is -2.12. The molecule has 4 N–H and O–H groups in total. The molecule has 0 spiro atoms. The summed E-state index contributed by atoms with van der Waals surface area (Å²) in [7, 11) is -1.69. The molecule has 0 bridgehead atoms. The van der Waals surface area contributed by atoms with E-state index >= 15 is 0 Å². The van der Waals surface area contributed by atoms with Crippen molar-refractivity contribution in [1.82, 2.24) is 0 Å². The van der Waals surface area contributed by atoms with Gasteiger partial charge in [-0.05, 0) is 0 Å². The van der Waals surface area contributed by atoms with Crippen LogP contribution in [0.5, 0.6) is 0 Å². The highest BCUT2D eigenvalue weighted by atomic mass is 31.1. The topological polar surface area (TPSA) is 101 Å². The van der Waals surface area contributed by atoms with Gasteiger partial charge in [-0.3, -0.25) is 0 Å². The molecule has 2 atom stereocenters. The number of carboxylic acid groups (broad SMARTS) is 1. The van der Waals surface area contributed by atoms with E-state index in [1.807, 2.05) is 0 Å². The van der Waals surface area contributed by atoms with Crippen molar-refractivity contribution in [2.45, 2.75) is 5.28 Å². The van der Waals surface area contributed by atoms with E-state index in [1.54, 1.807) is 0 Å². The quantitative estimate of drug-likeness (QED) is 0.427. The van der Waals surface area contributed by atoms with Crippen LogP contribution in [0.25, 0.3) is 0 Å². The standard InChI is InChI=1S/C3H8NO4P/c4-3(1-5,9-8)2(6)7/h5H,1,4,9H2,(H,6,7). The summed E-state index contributed by atoms with van der Waals surface area (Å²) in [6.07, 6.45) is 0. The van der Waals surface area contributed by atoms with Crippen LogP contribution in [-0.4, -0.2) is 28.1 Å². The van der Waals surface area contributed by atoms with Crippen LogP contribution >= 0.6 is 8.46 Å². The molecule has 0 amide bonds. The molecule has 9 heavy (non-hydrogen) atoms. The Hall–Kier alpha value is -0.380. The lowest BCUT2D eigenvalue weighted by atomic mass is 10.3. The summed E-state index contributed by atoms with van der Waals surface area (Å²) in [6.45, 7) is -0.791. The molecule has 0 aromatic heterocycles. The Morgan fingerprint density at radius 1 is 1.78 bits per heavy atom. The molecule has 0 aliphatic carbocycles. The van der Waals surface area contributed by atoms with Crippen molar-refractivity contribution in [2.24, 2.45) is 5.73 Å². The second kappa shape index (κ2) is 2.96. The van der Waals surface area contributed by atoms with Gasteiger partial charge in [0.25, 0.3) is 0 Å². The van der Waals surface area contributed by atoms with Gasteiger partial charge in [0.15, 0.2) is 5.28 Å². The van der Waals surface area contributed by atoms with Gasteiger partial charge in [0.1, 0.15) is 0 Å². The molecular weight excluding hydrogens is 145 g/mol. The van der Waals surface area contributed by atoms with E-state index in [0.717, 1.165) is 0 Å². The van der Waals surface area contributed by atoms with Crippen LogP contribution < -0.4 is 5.73 Å². The van der Waals surface area contributed by atoms with Crippen LogP contribution in [0.1, 0.15) is 0 Å². The van der Waals surface area contributed by atoms with Crippen molar-refractivity contribution in [2.75, 3.05) is 6.61 Å². The van der Waals surface area contributed by atoms with Gasteiger partial charge in [-0.15, -0.1) is 0 Å². The molecule has 54 valence electrons. The van der Waals surface area contributed by atoms with Crippen molar-refractivity contribution in [3.05, 3.63) is 0 Å². The first-order valence-electron chi connectivity index (χ1n) is 2.16. The average molecular weight is 153 g/mol. The summed E-state index contributed by atoms with van der Waals surface area (Å²) < 4.78 is 10.0. The third kappa shape index (κ3) is 1.78. The molecule has 0 fully saturated rings. The van der Waals surface area contributed by atoms with Crippen molar-refractivity contribution in [1.29, 1.82) is 0 Å². The Balaban J connectivity index is 4.27. The molecule has 0 radical (unpaired) electrons. The number of carboxylic acids is 1. The maximum absolute atomic E-state index is 10.0. The minimum absolute atomic E-state index is 0.791. The number of hydrogen-bond donors (Lipinski definition) is 3. The van der Waals surface area contributed by atoms with E-state index in [-0.39, 0.29) is 0 Å². The van der Waals surface area contributed by atoms with E-state index in [4.69, 9.17) is 15.9 Å². The van der Waals surface area contributed by atoms with Crippen molar-refractivity contribution < 1.29 is 19.6 Å². The highest BCUT2D eigenvalue weighted by molar-refractivity contribution is 7.27. The molecule has 0 saturated carbocycles. The normalized spacial score (nSPS) is 18.0. The second-order valence-corrected chi connectivity index (χ2v) is 2.89. The van der Waals surface area contributed by atoms with Gasteiger partial charge < -0.3 is 20.5 Å². The average Bonchev–Trinajstić information content (AvgIpc) is 1.86. The fourth-order valence-corrected chi connectivity index (χ4v) is 0.331. The predicted octanol–water partition coefficient (Wildman–Crippen LogP) is -1.53. The molecule has 5 nitrogen and oxygen atoms in total. The van der Waals surface area contributed by atoms with Crippen LogP contribution in [0.3, 0.4) is 0 Å². The number of hydrogen-bond acceptors (Lipinski definition) is 4. The molecule has 0 aromatic carbocycles. The molecule has 0 aliphatic rings. The van der Waals surface area contributed by atoms with Crippen LogP contribution in [0.4, 0.5) is 0 Å². The molecule has 6 heteroatoms.